The number of benzene rings is 2. The Balaban J connectivity index is 1.49. The monoisotopic (exact) mass is 476 g/mol. The molecule has 0 aliphatic heterocycles. The van der Waals surface area contributed by atoms with Gasteiger partial charge in [0.2, 0.25) is 9.84 Å². The number of carbonyl (C=O) groups excluding carboxylic acids is 1. The number of ketones is 1. The van der Waals surface area contributed by atoms with Crippen LogP contribution in [0.3, 0.4) is 0 Å². The number of nitrogens with zero attached hydrogens (tertiary/aromatic N) is 2. The fourth-order valence-corrected chi connectivity index (χ4v) is 4.63. The summed E-state index contributed by atoms with van der Waals surface area (Å²) >= 11 is 0. The van der Waals surface area contributed by atoms with Crippen LogP contribution in [0.2, 0.25) is 0 Å². The Hall–Kier alpha value is -3.53. The SMILES string of the molecule is O=C(CCc1ccc(S(=O)(=O)c2ccc(F)c(C(F)(F)F)c2)cc1)c1ccc2nccn2c1. The highest BCUT2D eigenvalue weighted by Crippen LogP contribution is 2.34. The minimum atomic E-state index is -5.02. The molecule has 33 heavy (non-hydrogen) atoms. The summed E-state index contributed by atoms with van der Waals surface area (Å²) in [5, 5.41) is 0. The van der Waals surface area contributed by atoms with Crippen LogP contribution in [0.1, 0.15) is 27.9 Å². The van der Waals surface area contributed by atoms with Crippen molar-refractivity contribution in [3.8, 4) is 0 Å². The summed E-state index contributed by atoms with van der Waals surface area (Å²) in [6.45, 7) is 0. The lowest BCUT2D eigenvalue weighted by atomic mass is 10.0. The van der Waals surface area contributed by atoms with Crippen LogP contribution in [0.4, 0.5) is 17.6 Å². The molecule has 4 aromatic rings. The van der Waals surface area contributed by atoms with Crippen LogP contribution < -0.4 is 0 Å². The molecule has 0 unspecified atom stereocenters. The van der Waals surface area contributed by atoms with Crippen LogP contribution in [0.25, 0.3) is 5.65 Å². The zero-order chi connectivity index (χ0) is 23.8. The lowest BCUT2D eigenvalue weighted by molar-refractivity contribution is -0.140. The third kappa shape index (κ3) is 4.65. The zero-order valence-electron chi connectivity index (χ0n) is 16.9. The highest BCUT2D eigenvalue weighted by molar-refractivity contribution is 7.91. The molecule has 0 atom stereocenters. The van der Waals surface area contributed by atoms with Gasteiger partial charge in [0.25, 0.3) is 0 Å². The number of Topliss-reactive ketones (excluding diaryl/α,β-unsaturated/α-hetero) is 1. The lowest BCUT2D eigenvalue weighted by Crippen LogP contribution is -2.11. The standard InChI is InChI=1S/C23H16F4N2O3S/c24-20-8-7-18(13-19(20)23(25,26)27)33(31,32)17-5-1-15(2-6-17)3-9-21(30)16-4-10-22-28-11-12-29(22)14-16/h1-2,4-8,10-14H,3,9H2. The molecule has 0 fully saturated rings. The number of alkyl halides is 3. The van der Waals surface area contributed by atoms with Gasteiger partial charge in [0.05, 0.1) is 15.4 Å². The van der Waals surface area contributed by atoms with E-state index in [0.29, 0.717) is 29.3 Å². The van der Waals surface area contributed by atoms with E-state index in [4.69, 9.17) is 0 Å². The van der Waals surface area contributed by atoms with Crippen molar-refractivity contribution >= 4 is 21.3 Å². The van der Waals surface area contributed by atoms with Crippen molar-refractivity contribution < 1.29 is 30.8 Å². The summed E-state index contributed by atoms with van der Waals surface area (Å²) in [6, 6.07) is 10.5. The minimum Gasteiger partial charge on any atom is -0.306 e. The molecule has 2 aromatic heterocycles. The average Bonchev–Trinajstić information content (AvgIpc) is 3.25. The second-order valence-corrected chi connectivity index (χ2v) is 9.27. The van der Waals surface area contributed by atoms with Gasteiger partial charge < -0.3 is 4.40 Å². The van der Waals surface area contributed by atoms with E-state index in [0.717, 1.165) is 6.07 Å². The van der Waals surface area contributed by atoms with Gasteiger partial charge in [-0.3, -0.25) is 4.79 Å². The molecule has 0 aliphatic carbocycles. The molecule has 0 spiro atoms. The number of aromatic nitrogens is 2. The van der Waals surface area contributed by atoms with E-state index in [1.807, 2.05) is 0 Å². The van der Waals surface area contributed by atoms with Crippen LogP contribution in [0, 0.1) is 5.82 Å². The quantitative estimate of drug-likeness (QED) is 0.220. The van der Waals surface area contributed by atoms with E-state index >= 15 is 0 Å². The van der Waals surface area contributed by atoms with Gasteiger partial charge in [-0.1, -0.05) is 12.1 Å². The van der Waals surface area contributed by atoms with Gasteiger partial charge >= 0.3 is 6.18 Å². The maximum atomic E-state index is 13.5. The van der Waals surface area contributed by atoms with E-state index in [1.165, 1.54) is 24.3 Å². The first-order valence-corrected chi connectivity index (χ1v) is 11.2. The Kier molecular flexibility index (Phi) is 5.79. The molecular weight excluding hydrogens is 460 g/mol. The fourth-order valence-electron chi connectivity index (χ4n) is 3.35. The molecular formula is C23H16F4N2O3S. The van der Waals surface area contributed by atoms with Crippen LogP contribution in [-0.2, 0) is 22.4 Å². The maximum Gasteiger partial charge on any atom is 0.419 e. The smallest absolute Gasteiger partial charge is 0.306 e. The van der Waals surface area contributed by atoms with Gasteiger partial charge in [0.1, 0.15) is 11.5 Å². The molecule has 10 heteroatoms. The van der Waals surface area contributed by atoms with Gasteiger partial charge in [0.15, 0.2) is 5.78 Å². The van der Waals surface area contributed by atoms with Gasteiger partial charge in [-0.25, -0.2) is 17.8 Å². The molecule has 0 bridgehead atoms. The number of sulfone groups is 1. The van der Waals surface area contributed by atoms with Crippen molar-refractivity contribution in [2.24, 2.45) is 0 Å². The van der Waals surface area contributed by atoms with Gasteiger partial charge in [-0.05, 0) is 54.4 Å². The highest BCUT2D eigenvalue weighted by Gasteiger charge is 2.35. The van der Waals surface area contributed by atoms with E-state index in [2.05, 4.69) is 4.98 Å². The second-order valence-electron chi connectivity index (χ2n) is 7.32. The van der Waals surface area contributed by atoms with Crippen LogP contribution in [0.5, 0.6) is 0 Å². The predicted molar refractivity (Wildman–Crippen MR) is 111 cm³/mol. The third-order valence-corrected chi connectivity index (χ3v) is 6.91. The molecule has 0 saturated carbocycles. The molecule has 5 nitrogen and oxygen atoms in total. The minimum absolute atomic E-state index is 0.103. The number of aryl methyl sites for hydroxylation is 1. The Bertz CT molecular complexity index is 1440. The molecule has 0 amide bonds. The zero-order valence-corrected chi connectivity index (χ0v) is 17.7. The summed E-state index contributed by atoms with van der Waals surface area (Å²) in [5.41, 5.74) is 0.261. The van der Waals surface area contributed by atoms with Gasteiger partial charge in [0, 0.05) is 30.6 Å². The normalized spacial score (nSPS) is 12.2. The number of carbonyl (C=O) groups is 1. The number of imidazole rings is 1. The number of hydrogen-bond donors (Lipinski definition) is 0. The van der Waals surface area contributed by atoms with Crippen LogP contribution >= 0.6 is 0 Å². The number of rotatable bonds is 6. The maximum absolute atomic E-state index is 13.5. The summed E-state index contributed by atoms with van der Waals surface area (Å²) in [6.07, 6.45) is 0.529. The third-order valence-electron chi connectivity index (χ3n) is 5.14. The number of pyridine rings is 1. The van der Waals surface area contributed by atoms with E-state index in [9.17, 15) is 30.8 Å². The first-order chi connectivity index (χ1) is 15.6. The van der Waals surface area contributed by atoms with Crippen molar-refractivity contribution in [3.63, 3.8) is 0 Å². The summed E-state index contributed by atoms with van der Waals surface area (Å²) in [5.74, 6) is -1.65. The van der Waals surface area contributed by atoms with E-state index < -0.39 is 32.3 Å². The first kappa shape index (κ1) is 22.7. The van der Waals surface area contributed by atoms with E-state index in [-0.39, 0.29) is 23.2 Å². The van der Waals surface area contributed by atoms with Crippen LogP contribution in [0.15, 0.2) is 83.0 Å². The van der Waals surface area contributed by atoms with Crippen molar-refractivity contribution in [1.82, 2.24) is 9.38 Å². The Labute approximate surface area is 186 Å². The molecule has 4 rings (SSSR count). The van der Waals surface area contributed by atoms with Crippen molar-refractivity contribution in [1.29, 1.82) is 0 Å². The molecule has 2 heterocycles. The highest BCUT2D eigenvalue weighted by atomic mass is 32.2. The average molecular weight is 476 g/mol. The van der Waals surface area contributed by atoms with Gasteiger partial charge in [-0.2, -0.15) is 13.2 Å². The summed E-state index contributed by atoms with van der Waals surface area (Å²) in [4.78, 5) is 15.7. The summed E-state index contributed by atoms with van der Waals surface area (Å²) in [7, 11) is -4.29. The van der Waals surface area contributed by atoms with Crippen molar-refractivity contribution in [2.75, 3.05) is 0 Å². The number of hydrogen-bond acceptors (Lipinski definition) is 4. The Morgan fingerprint density at radius 1 is 0.970 bits per heavy atom. The predicted octanol–water partition coefficient (Wildman–Crippen LogP) is 5.14. The molecule has 170 valence electrons. The van der Waals surface area contributed by atoms with E-state index in [1.54, 1.807) is 35.1 Å². The first-order valence-electron chi connectivity index (χ1n) is 9.72. The fraction of sp³-hybridized carbons (Fsp3) is 0.130. The second kappa shape index (κ2) is 8.43. The Morgan fingerprint density at radius 3 is 2.36 bits per heavy atom. The lowest BCUT2D eigenvalue weighted by Gasteiger charge is -2.11. The molecule has 0 saturated heterocycles. The van der Waals surface area contributed by atoms with Crippen molar-refractivity contribution in [3.05, 3.63) is 95.7 Å². The molecule has 2 aromatic carbocycles. The Morgan fingerprint density at radius 2 is 1.67 bits per heavy atom. The van der Waals surface area contributed by atoms with Crippen LogP contribution in [-0.4, -0.2) is 23.6 Å². The summed E-state index contributed by atoms with van der Waals surface area (Å²) < 4.78 is 79.5. The van der Waals surface area contributed by atoms with Gasteiger partial charge in [-0.15, -0.1) is 0 Å². The molecule has 0 aliphatic rings. The largest absolute Gasteiger partial charge is 0.419 e. The molecule has 0 N–H and O–H groups in total. The number of halogens is 4. The topological polar surface area (TPSA) is 68.5 Å². The number of fused-ring (bicyclic) bond motifs is 1. The van der Waals surface area contributed by atoms with Crippen molar-refractivity contribution in [2.45, 2.75) is 28.8 Å². The molecule has 0 radical (unpaired) electrons.